The molecule has 0 N–H and O–H groups in total. The summed E-state index contributed by atoms with van der Waals surface area (Å²) in [5, 5.41) is 0. The summed E-state index contributed by atoms with van der Waals surface area (Å²) < 4.78 is 5.19. The highest BCUT2D eigenvalue weighted by molar-refractivity contribution is 5.96. The van der Waals surface area contributed by atoms with Crippen LogP contribution in [0.3, 0.4) is 0 Å². The van der Waals surface area contributed by atoms with Crippen LogP contribution in [-0.2, 0) is 9.53 Å². The Morgan fingerprint density at radius 1 is 1.38 bits per heavy atom. The predicted octanol–water partition coefficient (Wildman–Crippen LogP) is 2.27. The predicted molar refractivity (Wildman–Crippen MR) is 60.8 cm³/mol. The first-order valence-corrected chi connectivity index (χ1v) is 5.18. The first-order chi connectivity index (χ1) is 7.29. The summed E-state index contributed by atoms with van der Waals surface area (Å²) in [6.45, 7) is 7.32. The average Bonchev–Trinajstić information content (AvgIpc) is 2.15. The van der Waals surface area contributed by atoms with Gasteiger partial charge in [-0.2, -0.15) is 0 Å². The first-order valence-electron chi connectivity index (χ1n) is 5.18. The molecule has 16 heavy (non-hydrogen) atoms. The van der Waals surface area contributed by atoms with Crippen LogP contribution in [0.15, 0.2) is 23.9 Å². The number of ketones is 1. The Morgan fingerprint density at radius 3 is 2.38 bits per heavy atom. The van der Waals surface area contributed by atoms with Crippen molar-refractivity contribution in [1.29, 1.82) is 0 Å². The van der Waals surface area contributed by atoms with E-state index in [1.54, 1.807) is 18.4 Å². The zero-order valence-corrected chi connectivity index (χ0v) is 10.1. The Bertz CT molecular complexity index is 361. The molecule has 0 aliphatic carbocycles. The Morgan fingerprint density at radius 2 is 2.00 bits per heavy atom. The van der Waals surface area contributed by atoms with E-state index in [1.807, 2.05) is 20.8 Å². The van der Waals surface area contributed by atoms with Gasteiger partial charge in [-0.25, -0.2) is 4.79 Å². The van der Waals surface area contributed by atoms with Crippen LogP contribution in [0.5, 0.6) is 0 Å². The van der Waals surface area contributed by atoms with Crippen molar-refractivity contribution in [2.45, 2.75) is 33.3 Å². The summed E-state index contributed by atoms with van der Waals surface area (Å²) >= 11 is 0. The average molecular weight is 223 g/mol. The van der Waals surface area contributed by atoms with Crippen molar-refractivity contribution in [2.24, 2.45) is 0 Å². The molecule has 0 bridgehead atoms. The van der Waals surface area contributed by atoms with Gasteiger partial charge in [0.05, 0.1) is 0 Å². The molecule has 4 heteroatoms. The molecule has 0 saturated carbocycles. The Hall–Kier alpha value is -1.58. The van der Waals surface area contributed by atoms with Crippen LogP contribution in [0.25, 0.3) is 0 Å². The van der Waals surface area contributed by atoms with E-state index in [2.05, 4.69) is 0 Å². The quantitative estimate of drug-likeness (QED) is 0.685. The second-order valence-corrected chi connectivity index (χ2v) is 4.66. The Kier molecular flexibility index (Phi) is 3.52. The van der Waals surface area contributed by atoms with Gasteiger partial charge in [0.2, 0.25) is 0 Å². The van der Waals surface area contributed by atoms with Crippen molar-refractivity contribution in [3.8, 4) is 0 Å². The molecule has 0 aromatic rings. The zero-order valence-electron chi connectivity index (χ0n) is 10.1. The van der Waals surface area contributed by atoms with Crippen LogP contribution >= 0.6 is 0 Å². The molecule has 1 heterocycles. The fourth-order valence-electron chi connectivity index (χ4n) is 1.21. The molecule has 0 fully saturated rings. The van der Waals surface area contributed by atoms with Gasteiger partial charge in [0, 0.05) is 18.3 Å². The van der Waals surface area contributed by atoms with Crippen molar-refractivity contribution in [2.75, 3.05) is 6.54 Å². The van der Waals surface area contributed by atoms with Gasteiger partial charge in [-0.05, 0) is 33.8 Å². The van der Waals surface area contributed by atoms with E-state index in [0.29, 0.717) is 12.1 Å². The van der Waals surface area contributed by atoms with Crippen molar-refractivity contribution < 1.29 is 14.3 Å². The molecule has 0 radical (unpaired) electrons. The van der Waals surface area contributed by atoms with E-state index in [0.717, 1.165) is 0 Å². The number of nitrogens with zero attached hydrogens (tertiary/aromatic N) is 1. The molecule has 1 aliphatic heterocycles. The van der Waals surface area contributed by atoms with Crippen LogP contribution in [-0.4, -0.2) is 28.9 Å². The van der Waals surface area contributed by atoms with Gasteiger partial charge in [-0.15, -0.1) is 0 Å². The van der Waals surface area contributed by atoms with E-state index < -0.39 is 11.7 Å². The lowest BCUT2D eigenvalue weighted by Gasteiger charge is -2.25. The van der Waals surface area contributed by atoms with Crippen LogP contribution in [0.4, 0.5) is 4.79 Å². The SMILES string of the molecule is CC(=O)C1=CCN(C(=O)OC(C)(C)C)C=C1. The van der Waals surface area contributed by atoms with Crippen LogP contribution in [0.1, 0.15) is 27.7 Å². The van der Waals surface area contributed by atoms with Crippen molar-refractivity contribution >= 4 is 11.9 Å². The monoisotopic (exact) mass is 223 g/mol. The maximum atomic E-state index is 11.6. The largest absolute Gasteiger partial charge is 0.443 e. The minimum Gasteiger partial charge on any atom is -0.443 e. The number of Topliss-reactive ketones (excluding diaryl/α,β-unsaturated/α-hetero) is 1. The standard InChI is InChI=1S/C12H17NO3/c1-9(14)10-5-7-13(8-6-10)11(15)16-12(2,3)4/h5-7H,8H2,1-4H3. The molecule has 0 aromatic carbocycles. The molecular formula is C12H17NO3. The molecule has 0 spiro atoms. The van der Waals surface area contributed by atoms with Crippen LogP contribution in [0.2, 0.25) is 0 Å². The molecule has 4 nitrogen and oxygen atoms in total. The van der Waals surface area contributed by atoms with Gasteiger partial charge in [0.1, 0.15) is 5.60 Å². The van der Waals surface area contributed by atoms with Crippen LogP contribution in [0, 0.1) is 0 Å². The minimum absolute atomic E-state index is 0.0000822. The van der Waals surface area contributed by atoms with Gasteiger partial charge in [0.25, 0.3) is 0 Å². The number of carbonyl (C=O) groups is 2. The summed E-state index contributed by atoms with van der Waals surface area (Å²) in [4.78, 5) is 24.1. The third-order valence-corrected chi connectivity index (χ3v) is 1.98. The van der Waals surface area contributed by atoms with Crippen LogP contribution < -0.4 is 0 Å². The molecule has 1 rings (SSSR count). The summed E-state index contributed by atoms with van der Waals surface area (Å²) in [6, 6.07) is 0. The molecule has 0 atom stereocenters. The summed E-state index contributed by atoms with van der Waals surface area (Å²) in [6.07, 6.45) is 4.51. The maximum absolute atomic E-state index is 11.6. The molecule has 0 unspecified atom stereocenters. The Labute approximate surface area is 95.6 Å². The van der Waals surface area contributed by atoms with Crippen molar-refractivity contribution in [3.63, 3.8) is 0 Å². The van der Waals surface area contributed by atoms with Crippen molar-refractivity contribution in [1.82, 2.24) is 4.90 Å². The zero-order chi connectivity index (χ0) is 12.3. The number of rotatable bonds is 1. The second-order valence-electron chi connectivity index (χ2n) is 4.66. The van der Waals surface area contributed by atoms with E-state index >= 15 is 0 Å². The molecule has 0 aromatic heterocycles. The van der Waals surface area contributed by atoms with Gasteiger partial charge in [-0.3, -0.25) is 9.69 Å². The number of hydrogen-bond acceptors (Lipinski definition) is 3. The molecular weight excluding hydrogens is 206 g/mol. The maximum Gasteiger partial charge on any atom is 0.414 e. The first kappa shape index (κ1) is 12.5. The summed E-state index contributed by atoms with van der Waals surface area (Å²) in [5.74, 6) is 0.0000822. The third-order valence-electron chi connectivity index (χ3n) is 1.98. The van der Waals surface area contributed by atoms with Gasteiger partial charge < -0.3 is 4.74 Å². The van der Waals surface area contributed by atoms with E-state index in [9.17, 15) is 9.59 Å². The van der Waals surface area contributed by atoms with Gasteiger partial charge in [0.15, 0.2) is 5.78 Å². The number of ether oxygens (including phenoxy) is 1. The third kappa shape index (κ3) is 3.53. The lowest BCUT2D eigenvalue weighted by Crippen LogP contribution is -2.34. The van der Waals surface area contributed by atoms with Gasteiger partial charge in [-0.1, -0.05) is 6.08 Å². The highest BCUT2D eigenvalue weighted by Crippen LogP contribution is 2.13. The number of hydrogen-bond donors (Lipinski definition) is 0. The van der Waals surface area contributed by atoms with E-state index in [4.69, 9.17) is 4.74 Å². The number of amides is 1. The molecule has 88 valence electrons. The lowest BCUT2D eigenvalue weighted by molar-refractivity contribution is -0.113. The van der Waals surface area contributed by atoms with E-state index in [1.165, 1.54) is 11.8 Å². The van der Waals surface area contributed by atoms with Gasteiger partial charge >= 0.3 is 6.09 Å². The highest BCUT2D eigenvalue weighted by Gasteiger charge is 2.21. The van der Waals surface area contributed by atoms with Crippen molar-refractivity contribution in [3.05, 3.63) is 23.9 Å². The lowest BCUT2D eigenvalue weighted by atomic mass is 10.1. The fourth-order valence-corrected chi connectivity index (χ4v) is 1.21. The normalized spacial score (nSPS) is 15.8. The smallest absolute Gasteiger partial charge is 0.414 e. The number of allylic oxidation sites excluding steroid dienone is 2. The molecule has 1 amide bonds. The molecule has 0 saturated heterocycles. The molecule has 1 aliphatic rings. The topological polar surface area (TPSA) is 46.6 Å². The van der Waals surface area contributed by atoms with E-state index in [-0.39, 0.29) is 5.78 Å². The minimum atomic E-state index is -0.504. The summed E-state index contributed by atoms with van der Waals surface area (Å²) in [7, 11) is 0. The summed E-state index contributed by atoms with van der Waals surface area (Å²) in [5.41, 5.74) is 0.120. The fraction of sp³-hybridized carbons (Fsp3) is 0.500. The highest BCUT2D eigenvalue weighted by atomic mass is 16.6. The second kappa shape index (κ2) is 4.51. The number of carbonyl (C=O) groups excluding carboxylic acids is 2. The Balaban J connectivity index is 2.59.